The van der Waals surface area contributed by atoms with E-state index in [0.717, 1.165) is 81.1 Å². The molecule has 5 rings (SSSR count). The second-order valence-electron chi connectivity index (χ2n) is 15.8. The zero-order valence-corrected chi connectivity index (χ0v) is 34.5. The van der Waals surface area contributed by atoms with Gasteiger partial charge < -0.3 is 20.8 Å². The fourth-order valence-corrected chi connectivity index (χ4v) is 10.2. The van der Waals surface area contributed by atoms with Crippen molar-refractivity contribution in [2.45, 2.75) is 155 Å². The van der Waals surface area contributed by atoms with Gasteiger partial charge in [0.05, 0.1) is 12.6 Å². The minimum Gasteiger partial charge on any atom is -0.674 e. The molecule has 0 aromatic heterocycles. The molecule has 3 saturated carbocycles. The molecule has 3 N–H and O–H groups in total. The van der Waals surface area contributed by atoms with Crippen molar-refractivity contribution in [1.82, 2.24) is 4.90 Å². The van der Waals surface area contributed by atoms with Crippen LogP contribution in [0.25, 0.3) is 5.73 Å². The number of fused-ring (bicyclic) bond motifs is 5. The first kappa shape index (κ1) is 41.5. The Morgan fingerprint density at radius 3 is 2.45 bits per heavy atom. The Morgan fingerprint density at radius 1 is 0.977 bits per heavy atom. The molecule has 4 aliphatic carbocycles. The van der Waals surface area contributed by atoms with Gasteiger partial charge in [-0.2, -0.15) is 0 Å². The summed E-state index contributed by atoms with van der Waals surface area (Å²) in [5.41, 5.74) is 11.0. The van der Waals surface area contributed by atoms with Crippen LogP contribution in [0.3, 0.4) is 0 Å². The molecule has 2 radical (unpaired) electrons. The summed E-state index contributed by atoms with van der Waals surface area (Å²) in [6.07, 6.45) is 24.3. The van der Waals surface area contributed by atoms with Crippen molar-refractivity contribution in [3.63, 3.8) is 0 Å². The van der Waals surface area contributed by atoms with E-state index in [4.69, 9.17) is 15.9 Å². The van der Waals surface area contributed by atoms with E-state index in [2.05, 4.69) is 33.8 Å². The zero-order valence-electron chi connectivity index (χ0n) is 28.9. The van der Waals surface area contributed by atoms with E-state index >= 15 is 0 Å². The smallest absolute Gasteiger partial charge is 0.222 e. The molecule has 0 aromatic rings. The third-order valence-corrected chi connectivity index (χ3v) is 12.8. The Hall–Kier alpha value is 1.30. The van der Waals surface area contributed by atoms with Crippen molar-refractivity contribution in [3.05, 3.63) is 17.4 Å². The van der Waals surface area contributed by atoms with Gasteiger partial charge >= 0.3 is 0 Å². The summed E-state index contributed by atoms with van der Waals surface area (Å²) >= 11 is 0. The van der Waals surface area contributed by atoms with Gasteiger partial charge in [-0.3, -0.25) is 4.79 Å². The topological polar surface area (TPSA) is 84.6 Å². The van der Waals surface area contributed by atoms with Crippen LogP contribution in [0.4, 0.5) is 0 Å². The van der Waals surface area contributed by atoms with Crippen molar-refractivity contribution < 1.29 is 80.4 Å². The maximum atomic E-state index is 11.7. The van der Waals surface area contributed by atoms with Gasteiger partial charge in [0.15, 0.2) is 0 Å². The van der Waals surface area contributed by atoms with Crippen molar-refractivity contribution in [1.29, 1.82) is 0 Å². The summed E-state index contributed by atoms with van der Waals surface area (Å²) in [5.74, 6) is 4.87. The fraction of sp³-hybridized carbons (Fsp3) is 0.919. The molecule has 44 heavy (non-hydrogen) atoms. The Kier molecular flexibility index (Phi) is 18.4. The molecule has 4 fully saturated rings. The van der Waals surface area contributed by atoms with E-state index in [1.165, 1.54) is 64.2 Å². The molecule has 0 aromatic carbocycles. The monoisotopic (exact) mass is 763 g/mol. The molecule has 0 bridgehead atoms. The maximum Gasteiger partial charge on any atom is 0.222 e. The summed E-state index contributed by atoms with van der Waals surface area (Å²) in [4.78, 5) is 13.5. The van der Waals surface area contributed by atoms with Crippen molar-refractivity contribution >= 4 is 5.91 Å². The molecule has 8 unspecified atom stereocenters. The molecule has 1 heterocycles. The molecule has 5 aliphatic rings. The minimum atomic E-state index is 0. The first-order valence-corrected chi connectivity index (χ1v) is 18.1. The van der Waals surface area contributed by atoms with Gasteiger partial charge in [-0.25, -0.2) is 0 Å². The third-order valence-electron chi connectivity index (χ3n) is 12.8. The quantitative estimate of drug-likeness (QED) is 0.163. The van der Waals surface area contributed by atoms with Gasteiger partial charge in [0.25, 0.3) is 0 Å². The Labute approximate surface area is 321 Å². The second kappa shape index (κ2) is 19.5. The predicted molar refractivity (Wildman–Crippen MR) is 174 cm³/mol. The first-order valence-electron chi connectivity index (χ1n) is 18.1. The molecule has 1 amide bonds. The summed E-state index contributed by atoms with van der Waals surface area (Å²) in [7, 11) is 0. The number of rotatable bonds is 11. The molecule has 0 spiro atoms. The number of likely N-dealkylation sites (tertiary alicyclic amines) is 1. The molecule has 1 saturated heterocycles. The number of carbonyl (C=O) groups is 1. The number of aliphatic hydroxyl groups is 2. The van der Waals surface area contributed by atoms with Gasteiger partial charge in [-0.15, -0.1) is 6.04 Å². The van der Waals surface area contributed by atoms with E-state index in [1.54, 1.807) is 10.5 Å². The normalized spacial score (nSPS) is 35.7. The number of hydrogen-bond acceptors (Lipinski definition) is 3. The van der Waals surface area contributed by atoms with Crippen LogP contribution in [0.15, 0.2) is 11.6 Å². The van der Waals surface area contributed by atoms with Crippen molar-refractivity contribution in [2.75, 3.05) is 19.8 Å². The fourth-order valence-electron chi connectivity index (χ4n) is 10.2. The summed E-state index contributed by atoms with van der Waals surface area (Å²) in [6, 6.07) is 0.228. The molecule has 248 valence electrons. The molecular formula is C37H65N2O3Y2-. The SMILES string of the molecule is CC(C)CCCCC1CCC2C3CC=C4CC([NH-])CCC4(C)C3CCC12C.O=C(CCCCCO)N1CCCC1CO.[Y].[Y]. The van der Waals surface area contributed by atoms with Crippen LogP contribution in [0.1, 0.15) is 143 Å². The van der Waals surface area contributed by atoms with E-state index in [1.807, 2.05) is 0 Å². The van der Waals surface area contributed by atoms with Gasteiger partial charge in [0, 0.05) is 85.0 Å². The van der Waals surface area contributed by atoms with E-state index in [0.29, 0.717) is 17.3 Å². The number of aliphatic hydroxyl groups excluding tert-OH is 2. The van der Waals surface area contributed by atoms with E-state index in [9.17, 15) is 4.79 Å². The summed E-state index contributed by atoms with van der Waals surface area (Å²) in [6.45, 7) is 11.1. The molecule has 8 atom stereocenters. The third kappa shape index (κ3) is 9.94. The van der Waals surface area contributed by atoms with Gasteiger partial charge in [-0.05, 0) is 117 Å². The maximum absolute atomic E-state index is 11.7. The molecular weight excluding hydrogens is 698 g/mol. The Balaban J connectivity index is 0.000000342. The second-order valence-corrected chi connectivity index (χ2v) is 15.8. The first-order chi connectivity index (χ1) is 20.1. The van der Waals surface area contributed by atoms with Crippen molar-refractivity contribution in [2.24, 2.45) is 40.4 Å². The standard InChI is InChI=1S/C26H44N.C11H21NO3.2Y/c1-18(2)7-5-6-8-19-10-12-23-22-11-9-20-17-21(27)13-15-26(20,4)24(22)14-16-25(19,23)3;13-8-3-1-2-6-11(15)12-7-4-5-10(12)9-14;;/h9,18-19,21-24,27H,5-8,10-17H2,1-4H3;10,13-14H,1-9H2;;/q-1;;;. The zero-order chi connectivity index (χ0) is 30.3. The van der Waals surface area contributed by atoms with Crippen LogP contribution in [0.2, 0.25) is 0 Å². The van der Waals surface area contributed by atoms with Crippen LogP contribution in [0, 0.1) is 40.4 Å². The number of nitrogens with zero attached hydrogens (tertiary/aromatic N) is 1. The number of unbranched alkanes of at least 4 members (excludes halogenated alkanes) is 3. The largest absolute Gasteiger partial charge is 0.674 e. The van der Waals surface area contributed by atoms with Gasteiger partial charge in [0.2, 0.25) is 5.91 Å². The number of allylic oxidation sites excluding steroid dienone is 1. The van der Waals surface area contributed by atoms with Gasteiger partial charge in [-0.1, -0.05) is 71.4 Å². The van der Waals surface area contributed by atoms with Gasteiger partial charge in [0.1, 0.15) is 0 Å². The average Bonchev–Trinajstić information content (AvgIpc) is 3.58. The van der Waals surface area contributed by atoms with Crippen LogP contribution < -0.4 is 0 Å². The van der Waals surface area contributed by atoms with Crippen LogP contribution in [-0.4, -0.2) is 52.9 Å². The van der Waals surface area contributed by atoms with Crippen LogP contribution in [0.5, 0.6) is 0 Å². The van der Waals surface area contributed by atoms with Crippen molar-refractivity contribution in [3.8, 4) is 0 Å². The van der Waals surface area contributed by atoms with Crippen LogP contribution in [-0.2, 0) is 70.2 Å². The Bertz CT molecular complexity index is 900. The summed E-state index contributed by atoms with van der Waals surface area (Å²) < 4.78 is 0. The number of hydrogen-bond donors (Lipinski definition) is 2. The molecule has 1 aliphatic heterocycles. The van der Waals surface area contributed by atoms with Crippen LogP contribution >= 0.6 is 0 Å². The number of amides is 1. The predicted octanol–water partition coefficient (Wildman–Crippen LogP) is 8.72. The minimum absolute atomic E-state index is 0. The van der Waals surface area contributed by atoms with E-state index in [-0.39, 0.29) is 96.6 Å². The summed E-state index contributed by atoms with van der Waals surface area (Å²) in [5, 5.41) is 17.7. The number of nitrogens with one attached hydrogen (secondary N) is 1. The Morgan fingerprint density at radius 2 is 1.75 bits per heavy atom. The average molecular weight is 764 g/mol. The van der Waals surface area contributed by atoms with E-state index < -0.39 is 0 Å². The molecule has 7 heteroatoms. The number of carbonyl (C=O) groups excluding carboxylic acids is 1. The molecule has 5 nitrogen and oxygen atoms in total.